The minimum absolute atomic E-state index is 0.243. The third-order valence-corrected chi connectivity index (χ3v) is 12.1. The molecule has 5 heterocycles. The molecule has 5 heteroatoms. The second kappa shape index (κ2) is 5.08. The van der Waals surface area contributed by atoms with Crippen molar-refractivity contribution in [2.24, 2.45) is 0 Å². The summed E-state index contributed by atoms with van der Waals surface area (Å²) >= 11 is 10.0. The molecule has 0 fully saturated rings. The zero-order valence-electron chi connectivity index (χ0n) is 15.2. The zero-order valence-corrected chi connectivity index (χ0v) is 19.3. The third kappa shape index (κ3) is 2.39. The predicted octanol–water partition coefficient (Wildman–Crippen LogP) is 9.20. The molecule has 0 atom stereocenters. The van der Waals surface area contributed by atoms with E-state index in [0.29, 0.717) is 0 Å². The van der Waals surface area contributed by atoms with E-state index in [0.717, 1.165) is 0 Å². The van der Waals surface area contributed by atoms with Gasteiger partial charge in [-0.1, -0.05) is 41.5 Å². The van der Waals surface area contributed by atoms with Gasteiger partial charge in [-0.25, -0.2) is 0 Å². The maximum absolute atomic E-state index is 2.43. The quantitative estimate of drug-likeness (QED) is 0.234. The van der Waals surface area contributed by atoms with Crippen LogP contribution in [0.2, 0.25) is 0 Å². The Labute approximate surface area is 167 Å². The first kappa shape index (κ1) is 16.7. The lowest BCUT2D eigenvalue weighted by Crippen LogP contribution is -2.07. The van der Waals surface area contributed by atoms with Crippen LogP contribution in [0.5, 0.6) is 0 Å². The first-order valence-electron chi connectivity index (χ1n) is 8.45. The molecule has 0 saturated carbocycles. The Balaban J connectivity index is 1.79. The van der Waals surface area contributed by atoms with Crippen LogP contribution < -0.4 is 0 Å². The number of fused-ring (bicyclic) bond motifs is 7. The fraction of sp³-hybridized carbons (Fsp3) is 0.400. The van der Waals surface area contributed by atoms with Crippen molar-refractivity contribution in [3.8, 4) is 0 Å². The summed E-state index contributed by atoms with van der Waals surface area (Å²) in [4.78, 5) is 3.01. The molecule has 0 saturated heterocycles. The van der Waals surface area contributed by atoms with Crippen molar-refractivity contribution in [1.29, 1.82) is 0 Å². The van der Waals surface area contributed by atoms with E-state index >= 15 is 0 Å². The van der Waals surface area contributed by atoms with Gasteiger partial charge in [-0.05, 0) is 23.0 Å². The highest BCUT2D eigenvalue weighted by Crippen LogP contribution is 2.54. The van der Waals surface area contributed by atoms with Crippen molar-refractivity contribution in [2.75, 3.05) is 0 Å². The lowest BCUT2D eigenvalue weighted by atomic mass is 9.95. The van der Waals surface area contributed by atoms with Gasteiger partial charge in [-0.3, -0.25) is 0 Å². The molecule has 5 aromatic heterocycles. The average Bonchev–Trinajstić information content (AvgIpc) is 3.17. The van der Waals surface area contributed by atoms with Crippen LogP contribution in [0.1, 0.15) is 51.3 Å². The van der Waals surface area contributed by atoms with Crippen LogP contribution in [-0.4, -0.2) is 0 Å². The van der Waals surface area contributed by atoms with Gasteiger partial charge in [0.25, 0.3) is 0 Å². The Bertz CT molecular complexity index is 1150. The molecular weight excluding hydrogens is 401 g/mol. The van der Waals surface area contributed by atoms with E-state index in [1.165, 1.54) is 47.4 Å². The fourth-order valence-corrected chi connectivity index (χ4v) is 10.4. The summed E-state index contributed by atoms with van der Waals surface area (Å²) < 4.78 is 12.1. The Morgan fingerprint density at radius 1 is 0.480 bits per heavy atom. The molecule has 0 spiro atoms. The molecule has 0 amide bonds. The maximum atomic E-state index is 2.43. The van der Waals surface area contributed by atoms with E-state index < -0.39 is 0 Å². The van der Waals surface area contributed by atoms with Crippen molar-refractivity contribution in [3.63, 3.8) is 0 Å². The molecule has 0 aliphatic rings. The van der Waals surface area contributed by atoms with Crippen LogP contribution in [0.3, 0.4) is 0 Å². The largest absolute Gasteiger partial charge is 0.137 e. The molecule has 5 rings (SSSR count). The van der Waals surface area contributed by atoms with Gasteiger partial charge in [0, 0.05) is 19.2 Å². The van der Waals surface area contributed by atoms with Gasteiger partial charge in [0.2, 0.25) is 0 Å². The topological polar surface area (TPSA) is 0 Å². The second-order valence-corrected chi connectivity index (χ2v) is 14.0. The third-order valence-electron chi connectivity index (χ3n) is 4.53. The number of thiophene rings is 5. The van der Waals surface area contributed by atoms with Crippen LogP contribution in [0.4, 0.5) is 0 Å². The number of hydrogen-bond acceptors (Lipinski definition) is 5. The fourth-order valence-electron chi connectivity index (χ4n) is 3.06. The van der Waals surface area contributed by atoms with Crippen molar-refractivity contribution in [1.82, 2.24) is 0 Å². The van der Waals surface area contributed by atoms with Crippen LogP contribution in [0, 0.1) is 0 Å². The second-order valence-electron chi connectivity index (χ2n) is 8.73. The van der Waals surface area contributed by atoms with E-state index in [2.05, 4.69) is 53.7 Å². The molecule has 0 radical (unpaired) electrons. The highest BCUT2D eigenvalue weighted by Gasteiger charge is 2.24. The molecule has 0 nitrogen and oxygen atoms in total. The monoisotopic (exact) mass is 420 g/mol. The summed E-state index contributed by atoms with van der Waals surface area (Å²) in [5.74, 6) is 0. The Kier molecular flexibility index (Phi) is 3.39. The van der Waals surface area contributed by atoms with Crippen LogP contribution in [0.15, 0.2) is 12.1 Å². The Hall–Kier alpha value is -0.460. The zero-order chi connectivity index (χ0) is 17.7. The molecule has 130 valence electrons. The van der Waals surface area contributed by atoms with E-state index in [1.54, 1.807) is 0 Å². The summed E-state index contributed by atoms with van der Waals surface area (Å²) in [7, 11) is 0. The number of hydrogen-bond donors (Lipinski definition) is 0. The van der Waals surface area contributed by atoms with Crippen molar-refractivity contribution in [2.45, 2.75) is 52.4 Å². The molecule has 0 aliphatic carbocycles. The van der Waals surface area contributed by atoms with Crippen molar-refractivity contribution < 1.29 is 0 Å². The SMILES string of the molecule is CC(C)(C)c1cc2sc3c(sc4c5sc(C(C)(C)C)cc5sc43)c2s1. The highest BCUT2D eigenvalue weighted by atomic mass is 32.1. The summed E-state index contributed by atoms with van der Waals surface area (Å²) in [6.45, 7) is 13.9. The smallest absolute Gasteiger partial charge is 0.0651 e. The van der Waals surface area contributed by atoms with Gasteiger partial charge in [-0.15, -0.1) is 56.7 Å². The Morgan fingerprint density at radius 2 is 0.840 bits per heavy atom. The highest BCUT2D eigenvalue weighted by molar-refractivity contribution is 7.48. The summed E-state index contributed by atoms with van der Waals surface area (Å²) in [5, 5.41) is 0. The van der Waals surface area contributed by atoms with E-state index in [-0.39, 0.29) is 10.8 Å². The maximum Gasteiger partial charge on any atom is 0.0651 e. The van der Waals surface area contributed by atoms with E-state index in [1.807, 2.05) is 56.7 Å². The van der Waals surface area contributed by atoms with Crippen molar-refractivity contribution >= 4 is 94.3 Å². The van der Waals surface area contributed by atoms with Gasteiger partial charge in [-0.2, -0.15) is 0 Å². The predicted molar refractivity (Wildman–Crippen MR) is 123 cm³/mol. The van der Waals surface area contributed by atoms with Gasteiger partial charge >= 0.3 is 0 Å². The molecule has 0 aliphatic heterocycles. The molecule has 0 unspecified atom stereocenters. The molecule has 0 bridgehead atoms. The number of rotatable bonds is 0. The summed E-state index contributed by atoms with van der Waals surface area (Å²) in [6.07, 6.45) is 0. The van der Waals surface area contributed by atoms with Gasteiger partial charge in [0.05, 0.1) is 28.2 Å². The minimum atomic E-state index is 0.243. The Morgan fingerprint density at radius 3 is 1.20 bits per heavy atom. The van der Waals surface area contributed by atoms with Gasteiger partial charge in [0.15, 0.2) is 0 Å². The lowest BCUT2D eigenvalue weighted by molar-refractivity contribution is 0.604. The molecule has 0 aromatic carbocycles. The van der Waals surface area contributed by atoms with Gasteiger partial charge < -0.3 is 0 Å². The van der Waals surface area contributed by atoms with Crippen molar-refractivity contribution in [3.05, 3.63) is 21.9 Å². The molecule has 25 heavy (non-hydrogen) atoms. The lowest BCUT2D eigenvalue weighted by Gasteiger charge is -2.15. The van der Waals surface area contributed by atoms with Gasteiger partial charge in [0.1, 0.15) is 0 Å². The normalized spacial score (nSPS) is 14.0. The van der Waals surface area contributed by atoms with Crippen LogP contribution in [0.25, 0.3) is 37.6 Å². The van der Waals surface area contributed by atoms with Crippen LogP contribution >= 0.6 is 56.7 Å². The summed E-state index contributed by atoms with van der Waals surface area (Å²) in [6, 6.07) is 4.85. The molecular formula is C20H20S5. The first-order valence-corrected chi connectivity index (χ1v) is 12.5. The standard InChI is InChI=1S/C20H20S5/c1-19(2,3)11-7-9-13(23-11)15-17(21-9)18-16(25-15)14-10(22-18)8-12(24-14)20(4,5)6/h7-8H,1-6H3. The molecule has 0 N–H and O–H groups in total. The first-order chi connectivity index (χ1) is 11.6. The summed E-state index contributed by atoms with van der Waals surface area (Å²) in [5.41, 5.74) is 0.486. The minimum Gasteiger partial charge on any atom is -0.137 e. The van der Waals surface area contributed by atoms with Crippen LogP contribution in [-0.2, 0) is 10.8 Å². The van der Waals surface area contributed by atoms with E-state index in [9.17, 15) is 0 Å². The molecule has 5 aromatic rings. The average molecular weight is 421 g/mol. The van der Waals surface area contributed by atoms with E-state index in [4.69, 9.17) is 0 Å².